The van der Waals surface area contributed by atoms with Gasteiger partial charge in [0.25, 0.3) is 0 Å². The van der Waals surface area contributed by atoms with Crippen LogP contribution < -0.4 is 10.5 Å². The van der Waals surface area contributed by atoms with Crippen LogP contribution in [0.4, 0.5) is 0 Å². The highest BCUT2D eigenvalue weighted by Gasteiger charge is 2.16. The van der Waals surface area contributed by atoms with Crippen LogP contribution in [0.25, 0.3) is 11.1 Å². The number of aliphatic hydroxyl groups is 1. The van der Waals surface area contributed by atoms with E-state index < -0.39 is 15.8 Å². The van der Waals surface area contributed by atoms with Gasteiger partial charge in [0.15, 0.2) is 5.58 Å². The summed E-state index contributed by atoms with van der Waals surface area (Å²) in [4.78, 5) is 11.3. The third-order valence-electron chi connectivity index (χ3n) is 2.48. The molecule has 98 valence electrons. The van der Waals surface area contributed by atoms with E-state index in [4.69, 9.17) is 9.52 Å². The number of benzene rings is 1. The average molecular weight is 272 g/mol. The summed E-state index contributed by atoms with van der Waals surface area (Å²) in [6, 6.07) is 4.14. The molecule has 0 bridgehead atoms. The number of aryl methyl sites for hydroxylation is 1. The van der Waals surface area contributed by atoms with Gasteiger partial charge in [0.1, 0.15) is 0 Å². The number of nitrogens with one attached hydrogen (secondary N) is 1. The molecule has 0 radical (unpaired) electrons. The number of sulfonamides is 1. The molecule has 7 nitrogen and oxygen atoms in total. The Bertz CT molecular complexity index is 728. The number of oxazole rings is 1. The summed E-state index contributed by atoms with van der Waals surface area (Å²) in [6.45, 7) is -0.360. The van der Waals surface area contributed by atoms with E-state index in [2.05, 4.69) is 4.72 Å². The van der Waals surface area contributed by atoms with Crippen molar-refractivity contribution in [2.75, 3.05) is 13.2 Å². The summed E-state index contributed by atoms with van der Waals surface area (Å²) in [5.41, 5.74) is 0.718. The number of hydrogen-bond donors (Lipinski definition) is 2. The van der Waals surface area contributed by atoms with Crippen LogP contribution in [0.15, 0.2) is 32.3 Å². The number of fused-ring (bicyclic) bond motifs is 1. The predicted octanol–water partition coefficient (Wildman–Crippen LogP) is -0.598. The highest BCUT2D eigenvalue weighted by atomic mass is 32.2. The average Bonchev–Trinajstić information content (AvgIpc) is 2.62. The Morgan fingerprint density at radius 2 is 2.17 bits per heavy atom. The minimum absolute atomic E-state index is 0.0159. The van der Waals surface area contributed by atoms with Crippen LogP contribution in [0.5, 0.6) is 0 Å². The lowest BCUT2D eigenvalue weighted by Gasteiger charge is -2.04. The number of hydrogen-bond acceptors (Lipinski definition) is 5. The zero-order valence-electron chi connectivity index (χ0n) is 9.58. The summed E-state index contributed by atoms with van der Waals surface area (Å²) in [7, 11) is -2.16. The fourth-order valence-corrected chi connectivity index (χ4v) is 2.58. The monoisotopic (exact) mass is 272 g/mol. The van der Waals surface area contributed by atoms with Crippen molar-refractivity contribution in [1.82, 2.24) is 9.29 Å². The first-order valence-electron chi connectivity index (χ1n) is 5.16. The zero-order chi connectivity index (χ0) is 13.3. The van der Waals surface area contributed by atoms with E-state index in [1.54, 1.807) is 0 Å². The number of aliphatic hydroxyl groups excluding tert-OH is 1. The molecule has 0 aliphatic carbocycles. The van der Waals surface area contributed by atoms with Gasteiger partial charge in [0, 0.05) is 19.7 Å². The first kappa shape index (κ1) is 12.8. The maximum Gasteiger partial charge on any atom is 0.419 e. The lowest BCUT2D eigenvalue weighted by Crippen LogP contribution is -2.26. The molecule has 0 saturated carbocycles. The molecule has 0 saturated heterocycles. The number of aromatic nitrogens is 1. The van der Waals surface area contributed by atoms with Gasteiger partial charge in [-0.25, -0.2) is 17.9 Å². The molecule has 2 rings (SSSR count). The van der Waals surface area contributed by atoms with Crippen molar-refractivity contribution in [2.24, 2.45) is 7.05 Å². The molecule has 1 heterocycles. The van der Waals surface area contributed by atoms with Crippen LogP contribution in [-0.2, 0) is 17.1 Å². The Labute approximate surface area is 103 Å². The summed E-state index contributed by atoms with van der Waals surface area (Å²) in [5, 5.41) is 8.60. The Hall–Kier alpha value is -1.64. The molecule has 0 atom stereocenters. The Kier molecular flexibility index (Phi) is 3.24. The molecule has 8 heteroatoms. The topological polar surface area (TPSA) is 102 Å². The first-order valence-corrected chi connectivity index (χ1v) is 6.64. The highest BCUT2D eigenvalue weighted by molar-refractivity contribution is 7.89. The lowest BCUT2D eigenvalue weighted by molar-refractivity contribution is 0.301. The van der Waals surface area contributed by atoms with E-state index in [1.165, 1.54) is 29.8 Å². The van der Waals surface area contributed by atoms with Gasteiger partial charge in [-0.3, -0.25) is 4.57 Å². The van der Waals surface area contributed by atoms with E-state index >= 15 is 0 Å². The van der Waals surface area contributed by atoms with Crippen molar-refractivity contribution in [3.05, 3.63) is 28.7 Å². The Balaban J connectivity index is 2.51. The van der Waals surface area contributed by atoms with Crippen LogP contribution in [0, 0.1) is 0 Å². The quantitative estimate of drug-likeness (QED) is 0.774. The van der Waals surface area contributed by atoms with E-state index in [9.17, 15) is 13.2 Å². The molecular weight excluding hydrogens is 260 g/mol. The fourth-order valence-electron chi connectivity index (χ4n) is 1.54. The molecule has 0 unspecified atom stereocenters. The van der Waals surface area contributed by atoms with Crippen molar-refractivity contribution < 1.29 is 17.9 Å². The van der Waals surface area contributed by atoms with Crippen LogP contribution >= 0.6 is 0 Å². The molecule has 0 amide bonds. The van der Waals surface area contributed by atoms with E-state index in [0.29, 0.717) is 5.52 Å². The minimum Gasteiger partial charge on any atom is -0.408 e. The van der Waals surface area contributed by atoms with Gasteiger partial charge in [-0.2, -0.15) is 0 Å². The molecule has 0 spiro atoms. The predicted molar refractivity (Wildman–Crippen MR) is 63.7 cm³/mol. The SMILES string of the molecule is Cn1c(=O)oc2cc(S(=O)(=O)NCCO)ccc21. The molecule has 2 aromatic rings. The second-order valence-corrected chi connectivity index (χ2v) is 5.44. The van der Waals surface area contributed by atoms with E-state index in [-0.39, 0.29) is 23.6 Å². The van der Waals surface area contributed by atoms with Crippen LogP contribution in [0.3, 0.4) is 0 Å². The third kappa shape index (κ3) is 2.17. The van der Waals surface area contributed by atoms with Crippen molar-refractivity contribution in [2.45, 2.75) is 4.90 Å². The zero-order valence-corrected chi connectivity index (χ0v) is 10.4. The second-order valence-electron chi connectivity index (χ2n) is 3.68. The number of rotatable bonds is 4. The molecule has 0 aliphatic heterocycles. The van der Waals surface area contributed by atoms with Gasteiger partial charge in [0.05, 0.1) is 17.0 Å². The fraction of sp³-hybridized carbons (Fsp3) is 0.300. The molecule has 2 N–H and O–H groups in total. The van der Waals surface area contributed by atoms with Crippen molar-refractivity contribution in [3.63, 3.8) is 0 Å². The first-order chi connectivity index (χ1) is 8.45. The minimum atomic E-state index is -3.70. The maximum absolute atomic E-state index is 11.8. The third-order valence-corrected chi connectivity index (χ3v) is 3.94. The lowest BCUT2D eigenvalue weighted by atomic mass is 10.3. The molecule has 1 aromatic heterocycles. The van der Waals surface area contributed by atoms with Crippen molar-refractivity contribution in [1.29, 1.82) is 0 Å². The van der Waals surface area contributed by atoms with Gasteiger partial charge >= 0.3 is 5.76 Å². The van der Waals surface area contributed by atoms with Crippen LogP contribution in [0.2, 0.25) is 0 Å². The molecular formula is C10H12N2O5S. The Morgan fingerprint density at radius 3 is 2.83 bits per heavy atom. The van der Waals surface area contributed by atoms with E-state index in [1.807, 2.05) is 0 Å². The standard InChI is InChI=1S/C10H12N2O5S/c1-12-8-3-2-7(6-9(8)17-10(12)14)18(15,16)11-4-5-13/h2-3,6,11,13H,4-5H2,1H3. The smallest absolute Gasteiger partial charge is 0.408 e. The summed E-state index contributed by atoms with van der Waals surface area (Å²) in [6.07, 6.45) is 0. The summed E-state index contributed by atoms with van der Waals surface area (Å²) in [5.74, 6) is -0.553. The van der Waals surface area contributed by atoms with Gasteiger partial charge < -0.3 is 9.52 Å². The van der Waals surface area contributed by atoms with Crippen molar-refractivity contribution >= 4 is 21.1 Å². The van der Waals surface area contributed by atoms with Crippen molar-refractivity contribution in [3.8, 4) is 0 Å². The van der Waals surface area contributed by atoms with Gasteiger partial charge in [0.2, 0.25) is 10.0 Å². The van der Waals surface area contributed by atoms with Gasteiger partial charge in [-0.05, 0) is 12.1 Å². The molecule has 0 fully saturated rings. The second kappa shape index (κ2) is 4.56. The number of nitrogens with zero attached hydrogens (tertiary/aromatic N) is 1. The molecule has 0 aliphatic rings. The van der Waals surface area contributed by atoms with Gasteiger partial charge in [-0.15, -0.1) is 0 Å². The Morgan fingerprint density at radius 1 is 1.44 bits per heavy atom. The van der Waals surface area contributed by atoms with Crippen LogP contribution in [0.1, 0.15) is 0 Å². The highest BCUT2D eigenvalue weighted by Crippen LogP contribution is 2.17. The van der Waals surface area contributed by atoms with E-state index in [0.717, 1.165) is 0 Å². The van der Waals surface area contributed by atoms with Gasteiger partial charge in [-0.1, -0.05) is 0 Å². The summed E-state index contributed by atoms with van der Waals surface area (Å²) >= 11 is 0. The normalized spacial score (nSPS) is 12.1. The largest absolute Gasteiger partial charge is 0.419 e. The molecule has 18 heavy (non-hydrogen) atoms. The van der Waals surface area contributed by atoms with Crippen LogP contribution in [-0.4, -0.2) is 31.2 Å². The molecule has 1 aromatic carbocycles. The summed E-state index contributed by atoms with van der Waals surface area (Å²) < 4.78 is 32.0. The maximum atomic E-state index is 11.8.